The summed E-state index contributed by atoms with van der Waals surface area (Å²) < 4.78 is 5.19. The zero-order valence-corrected chi connectivity index (χ0v) is 14.1. The van der Waals surface area contributed by atoms with Gasteiger partial charge in [-0.3, -0.25) is 4.79 Å². The van der Waals surface area contributed by atoms with Gasteiger partial charge in [0.1, 0.15) is 16.6 Å². The number of amides is 1. The average Bonchev–Trinajstić information content (AvgIpc) is 2.44. The summed E-state index contributed by atoms with van der Waals surface area (Å²) in [6.45, 7) is 3.73. The highest BCUT2D eigenvalue weighted by Crippen LogP contribution is 2.28. The van der Waals surface area contributed by atoms with Crippen molar-refractivity contribution in [1.29, 1.82) is 0 Å². The largest absolute Gasteiger partial charge is 0.495 e. The van der Waals surface area contributed by atoms with Crippen molar-refractivity contribution in [3.63, 3.8) is 0 Å². The predicted octanol–water partition coefficient (Wildman–Crippen LogP) is 3.49. The lowest BCUT2D eigenvalue weighted by atomic mass is 10.3. The minimum atomic E-state index is -0.153. The number of rotatable bonds is 5. The summed E-state index contributed by atoms with van der Waals surface area (Å²) in [6, 6.07) is 6.92. The van der Waals surface area contributed by atoms with Crippen LogP contribution in [0.1, 0.15) is 11.5 Å². The normalized spacial score (nSPS) is 10.4. The average molecular weight is 338 g/mol. The monoisotopic (exact) mass is 337 g/mol. The summed E-state index contributed by atoms with van der Waals surface area (Å²) >= 11 is 7.29. The molecule has 116 valence electrons. The van der Waals surface area contributed by atoms with Crippen molar-refractivity contribution in [3.05, 3.63) is 40.8 Å². The minimum absolute atomic E-state index is 0.153. The third-order valence-electron chi connectivity index (χ3n) is 2.73. The van der Waals surface area contributed by atoms with Crippen LogP contribution in [-0.4, -0.2) is 28.7 Å². The lowest BCUT2D eigenvalue weighted by molar-refractivity contribution is -0.113. The van der Waals surface area contributed by atoms with E-state index in [0.29, 0.717) is 22.3 Å². The van der Waals surface area contributed by atoms with Crippen molar-refractivity contribution in [2.75, 3.05) is 18.2 Å². The van der Waals surface area contributed by atoms with Crippen LogP contribution in [0, 0.1) is 13.8 Å². The first-order chi connectivity index (χ1) is 10.5. The number of benzene rings is 1. The molecule has 2 aromatic rings. The molecule has 1 aromatic heterocycles. The van der Waals surface area contributed by atoms with Crippen molar-refractivity contribution >= 4 is 35.0 Å². The summed E-state index contributed by atoms with van der Waals surface area (Å²) in [5.41, 5.74) is 1.43. The molecule has 1 heterocycles. The van der Waals surface area contributed by atoms with E-state index in [1.807, 2.05) is 19.9 Å². The van der Waals surface area contributed by atoms with Crippen LogP contribution >= 0.6 is 23.4 Å². The Morgan fingerprint density at radius 2 is 2.09 bits per heavy atom. The van der Waals surface area contributed by atoms with Gasteiger partial charge >= 0.3 is 0 Å². The summed E-state index contributed by atoms with van der Waals surface area (Å²) in [4.78, 5) is 20.6. The molecule has 7 heteroatoms. The van der Waals surface area contributed by atoms with E-state index >= 15 is 0 Å². The van der Waals surface area contributed by atoms with Crippen molar-refractivity contribution in [2.24, 2.45) is 0 Å². The number of carbonyl (C=O) groups is 1. The maximum atomic E-state index is 12.1. The zero-order chi connectivity index (χ0) is 16.1. The van der Waals surface area contributed by atoms with Gasteiger partial charge in [-0.15, -0.1) is 0 Å². The second kappa shape index (κ2) is 7.47. The van der Waals surface area contributed by atoms with Crippen LogP contribution in [0.25, 0.3) is 0 Å². The number of aromatic nitrogens is 2. The number of nitrogens with zero attached hydrogens (tertiary/aromatic N) is 2. The number of hydrogen-bond donors (Lipinski definition) is 1. The molecule has 0 radical (unpaired) electrons. The van der Waals surface area contributed by atoms with Crippen molar-refractivity contribution < 1.29 is 9.53 Å². The molecule has 1 amide bonds. The maximum Gasteiger partial charge on any atom is 0.234 e. The number of ether oxygens (including phenoxy) is 1. The Morgan fingerprint density at radius 3 is 2.77 bits per heavy atom. The molecule has 0 bridgehead atoms. The first kappa shape index (κ1) is 16.6. The van der Waals surface area contributed by atoms with Crippen LogP contribution < -0.4 is 10.1 Å². The molecule has 0 aliphatic rings. The number of carbonyl (C=O) groups excluding carboxylic acids is 1. The third kappa shape index (κ3) is 4.61. The second-order valence-corrected chi connectivity index (χ2v) is 6.01. The molecule has 0 fully saturated rings. The molecule has 1 N–H and O–H groups in total. The fourth-order valence-corrected chi connectivity index (χ4v) is 2.83. The fourth-order valence-electron chi connectivity index (χ4n) is 1.86. The number of aryl methyl sites for hydroxylation is 2. The second-order valence-electron chi connectivity index (χ2n) is 4.58. The van der Waals surface area contributed by atoms with Gasteiger partial charge in [-0.2, -0.15) is 0 Å². The van der Waals surface area contributed by atoms with Gasteiger partial charge in [-0.05, 0) is 38.1 Å². The van der Waals surface area contributed by atoms with Gasteiger partial charge in [0.15, 0.2) is 0 Å². The van der Waals surface area contributed by atoms with E-state index in [-0.39, 0.29) is 11.7 Å². The topological polar surface area (TPSA) is 64.1 Å². The fraction of sp³-hybridized carbons (Fsp3) is 0.267. The smallest absolute Gasteiger partial charge is 0.234 e. The summed E-state index contributed by atoms with van der Waals surface area (Å²) in [6.07, 6.45) is 0. The van der Waals surface area contributed by atoms with Crippen LogP contribution in [0.5, 0.6) is 5.75 Å². The summed E-state index contributed by atoms with van der Waals surface area (Å²) in [5, 5.41) is 4.10. The molecule has 1 aromatic carbocycles. The van der Waals surface area contributed by atoms with E-state index in [0.717, 1.165) is 10.7 Å². The number of methoxy groups -OCH3 is 1. The Balaban J connectivity index is 2.00. The van der Waals surface area contributed by atoms with Crippen LogP contribution in [0.2, 0.25) is 5.02 Å². The van der Waals surface area contributed by atoms with Crippen molar-refractivity contribution in [3.8, 4) is 5.75 Å². The van der Waals surface area contributed by atoms with Gasteiger partial charge in [-0.1, -0.05) is 23.4 Å². The van der Waals surface area contributed by atoms with Gasteiger partial charge in [0.05, 0.1) is 18.6 Å². The minimum Gasteiger partial charge on any atom is -0.495 e. The zero-order valence-electron chi connectivity index (χ0n) is 12.5. The van der Waals surface area contributed by atoms with Crippen molar-refractivity contribution in [2.45, 2.75) is 18.9 Å². The molecular formula is C15H16ClN3O2S. The molecule has 0 spiro atoms. The molecular weight excluding hydrogens is 322 g/mol. The van der Waals surface area contributed by atoms with E-state index in [9.17, 15) is 4.79 Å². The summed E-state index contributed by atoms with van der Waals surface area (Å²) in [5.74, 6) is 1.35. The Labute approximate surface area is 138 Å². The Kier molecular flexibility index (Phi) is 5.63. The molecule has 0 aliphatic heterocycles. The highest BCUT2D eigenvalue weighted by atomic mass is 35.5. The molecule has 0 aliphatic carbocycles. The Bertz CT molecular complexity index is 674. The molecule has 0 saturated heterocycles. The Hall–Kier alpha value is -1.79. The lowest BCUT2D eigenvalue weighted by Crippen LogP contribution is -2.15. The van der Waals surface area contributed by atoms with Crippen LogP contribution in [0.3, 0.4) is 0 Å². The number of hydrogen-bond acceptors (Lipinski definition) is 5. The quantitative estimate of drug-likeness (QED) is 0.668. The van der Waals surface area contributed by atoms with E-state index in [4.69, 9.17) is 16.3 Å². The molecule has 0 unspecified atom stereocenters. The number of anilines is 1. The van der Waals surface area contributed by atoms with E-state index < -0.39 is 0 Å². The van der Waals surface area contributed by atoms with Crippen LogP contribution in [-0.2, 0) is 4.79 Å². The molecule has 5 nitrogen and oxygen atoms in total. The highest BCUT2D eigenvalue weighted by Gasteiger charge is 2.10. The first-order valence-electron chi connectivity index (χ1n) is 6.56. The first-order valence-corrected chi connectivity index (χ1v) is 7.93. The van der Waals surface area contributed by atoms with E-state index in [1.54, 1.807) is 25.3 Å². The number of nitrogens with one attached hydrogen (secondary N) is 1. The van der Waals surface area contributed by atoms with E-state index in [2.05, 4.69) is 15.3 Å². The van der Waals surface area contributed by atoms with Gasteiger partial charge in [-0.25, -0.2) is 9.97 Å². The highest BCUT2D eigenvalue weighted by molar-refractivity contribution is 7.99. The van der Waals surface area contributed by atoms with Crippen LogP contribution in [0.4, 0.5) is 5.69 Å². The van der Waals surface area contributed by atoms with E-state index in [1.165, 1.54) is 11.8 Å². The number of thioether (sulfide) groups is 1. The predicted molar refractivity (Wildman–Crippen MR) is 88.9 cm³/mol. The third-order valence-corrected chi connectivity index (χ3v) is 3.88. The van der Waals surface area contributed by atoms with Gasteiger partial charge in [0.25, 0.3) is 0 Å². The van der Waals surface area contributed by atoms with Crippen LogP contribution in [0.15, 0.2) is 29.3 Å². The standard InChI is InChI=1S/C15H16ClN3O2S/c1-9-6-15(18-10(2)17-9)22-8-14(20)19-12-7-11(16)4-5-13(12)21-3/h4-7H,8H2,1-3H3,(H,19,20). The molecule has 0 saturated carbocycles. The number of halogens is 1. The summed E-state index contributed by atoms with van der Waals surface area (Å²) in [7, 11) is 1.54. The van der Waals surface area contributed by atoms with Crippen molar-refractivity contribution in [1.82, 2.24) is 9.97 Å². The molecule has 0 atom stereocenters. The Morgan fingerprint density at radius 1 is 1.32 bits per heavy atom. The SMILES string of the molecule is COc1ccc(Cl)cc1NC(=O)CSc1cc(C)nc(C)n1. The van der Waals surface area contributed by atoms with Gasteiger partial charge < -0.3 is 10.1 Å². The molecule has 22 heavy (non-hydrogen) atoms. The lowest BCUT2D eigenvalue weighted by Gasteiger charge is -2.10. The van der Waals surface area contributed by atoms with Gasteiger partial charge in [0.2, 0.25) is 5.91 Å². The van der Waals surface area contributed by atoms with Gasteiger partial charge in [0, 0.05) is 10.7 Å². The maximum absolute atomic E-state index is 12.1. The molecule has 2 rings (SSSR count).